The highest BCUT2D eigenvalue weighted by atomic mass is 35.5. The number of carbonyl (C=O) groups excluding carboxylic acids is 2. The molecule has 0 radical (unpaired) electrons. The minimum atomic E-state index is -4.61. The van der Waals surface area contributed by atoms with E-state index in [1.54, 1.807) is 30.2 Å². The first kappa shape index (κ1) is 35.8. The summed E-state index contributed by atoms with van der Waals surface area (Å²) in [4.78, 5) is 49.6. The fourth-order valence-electron chi connectivity index (χ4n) is 7.23. The first-order valence-corrected chi connectivity index (χ1v) is 17.4. The summed E-state index contributed by atoms with van der Waals surface area (Å²) in [5.41, 5.74) is 1.13. The van der Waals surface area contributed by atoms with Crippen LogP contribution in [-0.4, -0.2) is 67.8 Å². The summed E-state index contributed by atoms with van der Waals surface area (Å²) in [7, 11) is 0. The highest BCUT2D eigenvalue weighted by Gasteiger charge is 2.41. The van der Waals surface area contributed by atoms with Crippen LogP contribution < -0.4 is 15.8 Å². The van der Waals surface area contributed by atoms with E-state index in [1.165, 1.54) is 4.52 Å². The molecule has 2 amide bonds. The van der Waals surface area contributed by atoms with Crippen molar-refractivity contribution in [2.24, 2.45) is 0 Å². The lowest BCUT2D eigenvalue weighted by atomic mass is 9.94. The van der Waals surface area contributed by atoms with Crippen LogP contribution in [0.1, 0.15) is 82.3 Å². The molecule has 1 fully saturated rings. The van der Waals surface area contributed by atoms with Crippen molar-refractivity contribution in [2.45, 2.75) is 83.9 Å². The number of ether oxygens (including phenoxy) is 2. The van der Waals surface area contributed by atoms with Crippen molar-refractivity contribution in [1.29, 1.82) is 0 Å². The average molecular weight is 742 g/mol. The predicted molar refractivity (Wildman–Crippen MR) is 188 cm³/mol. The summed E-state index contributed by atoms with van der Waals surface area (Å²) in [5, 5.41) is 7.11. The lowest BCUT2D eigenvalue weighted by Crippen LogP contribution is -2.51. The van der Waals surface area contributed by atoms with Gasteiger partial charge in [0.25, 0.3) is 5.56 Å². The molecule has 276 valence electrons. The second-order valence-electron chi connectivity index (χ2n) is 15.0. The number of benzene rings is 2. The van der Waals surface area contributed by atoms with E-state index in [2.05, 4.69) is 10.4 Å². The summed E-state index contributed by atoms with van der Waals surface area (Å²) in [6, 6.07) is 7.58. The van der Waals surface area contributed by atoms with Gasteiger partial charge in [-0.1, -0.05) is 30.7 Å². The molecular formula is C36H39ClF3N7O5. The summed E-state index contributed by atoms with van der Waals surface area (Å²) in [6.45, 7) is 12.9. The molecule has 12 nitrogen and oxygen atoms in total. The van der Waals surface area contributed by atoms with Crippen LogP contribution >= 0.6 is 11.6 Å². The number of carbonyl (C=O) groups is 2. The van der Waals surface area contributed by atoms with Crippen LogP contribution in [0, 0.1) is 0 Å². The van der Waals surface area contributed by atoms with Crippen molar-refractivity contribution in [2.75, 3.05) is 36.4 Å². The van der Waals surface area contributed by atoms with E-state index in [0.717, 1.165) is 29.3 Å². The van der Waals surface area contributed by atoms with Crippen LogP contribution in [0.5, 0.6) is 0 Å². The van der Waals surface area contributed by atoms with E-state index in [9.17, 15) is 27.6 Å². The number of hydrogen-bond donors (Lipinski definition) is 1. The van der Waals surface area contributed by atoms with Crippen molar-refractivity contribution in [3.8, 4) is 11.4 Å². The molecule has 0 saturated carbocycles. The molecule has 7 rings (SSSR count). The zero-order valence-corrected chi connectivity index (χ0v) is 30.4. The van der Waals surface area contributed by atoms with Gasteiger partial charge in [-0.2, -0.15) is 22.7 Å². The van der Waals surface area contributed by atoms with E-state index >= 15 is 0 Å². The molecule has 0 spiro atoms. The number of piperazine rings is 1. The molecule has 52 heavy (non-hydrogen) atoms. The number of amides is 2. The van der Waals surface area contributed by atoms with Crippen LogP contribution in [0.2, 0.25) is 5.02 Å². The average Bonchev–Trinajstić information content (AvgIpc) is 3.74. The SMILES string of the molecule is CC1CC(C(=O)Nc2ccc(C(F)(F)F)cc2Cl)n2c1c(N1CCN(C(=O)OC(C)(C)C)CC1)c(=O)n1nc(-c3ccc4c(c3)COC4(C)C)nc21. The molecule has 3 aliphatic rings. The van der Waals surface area contributed by atoms with Gasteiger partial charge in [-0.3, -0.25) is 14.2 Å². The minimum absolute atomic E-state index is 0.0155. The number of alkyl halides is 3. The number of nitrogens with one attached hydrogen (secondary N) is 1. The second kappa shape index (κ2) is 12.5. The third-order valence-corrected chi connectivity index (χ3v) is 10.1. The van der Waals surface area contributed by atoms with E-state index in [4.69, 9.17) is 26.1 Å². The van der Waals surface area contributed by atoms with Gasteiger partial charge in [-0.15, -0.1) is 5.10 Å². The Balaban J connectivity index is 1.30. The maximum Gasteiger partial charge on any atom is 0.416 e. The third kappa shape index (κ3) is 6.37. The molecule has 1 saturated heterocycles. The quantitative estimate of drug-likeness (QED) is 0.244. The van der Waals surface area contributed by atoms with Gasteiger partial charge in [0.05, 0.1) is 34.2 Å². The highest BCUT2D eigenvalue weighted by Crippen LogP contribution is 2.43. The van der Waals surface area contributed by atoms with Crippen molar-refractivity contribution in [1.82, 2.24) is 24.1 Å². The van der Waals surface area contributed by atoms with E-state index in [-0.39, 0.29) is 34.7 Å². The Morgan fingerprint density at radius 3 is 2.42 bits per heavy atom. The molecular weight excluding hydrogens is 703 g/mol. The normalized spacial score (nSPS) is 19.9. The number of rotatable bonds is 4. The molecule has 16 heteroatoms. The molecule has 2 atom stereocenters. The molecule has 0 bridgehead atoms. The van der Waals surface area contributed by atoms with Gasteiger partial charge in [-0.25, -0.2) is 4.79 Å². The number of aromatic nitrogens is 4. The number of hydrogen-bond acceptors (Lipinski definition) is 8. The zero-order chi connectivity index (χ0) is 37.5. The van der Waals surface area contributed by atoms with E-state index in [0.29, 0.717) is 49.7 Å². The van der Waals surface area contributed by atoms with E-state index in [1.807, 2.05) is 43.9 Å². The molecule has 5 heterocycles. The lowest BCUT2D eigenvalue weighted by molar-refractivity contribution is -0.137. The minimum Gasteiger partial charge on any atom is -0.444 e. The Morgan fingerprint density at radius 1 is 1.06 bits per heavy atom. The molecule has 1 N–H and O–H groups in total. The summed E-state index contributed by atoms with van der Waals surface area (Å²) >= 11 is 6.21. The smallest absolute Gasteiger partial charge is 0.416 e. The summed E-state index contributed by atoms with van der Waals surface area (Å²) in [6.07, 6.45) is -4.78. The van der Waals surface area contributed by atoms with Gasteiger partial charge in [-0.05, 0) is 76.4 Å². The van der Waals surface area contributed by atoms with Gasteiger partial charge in [0.2, 0.25) is 11.7 Å². The van der Waals surface area contributed by atoms with Gasteiger partial charge in [0, 0.05) is 37.7 Å². The lowest BCUT2D eigenvalue weighted by Gasteiger charge is -2.37. The van der Waals surface area contributed by atoms with Crippen LogP contribution in [0.15, 0.2) is 41.2 Å². The van der Waals surface area contributed by atoms with Crippen molar-refractivity contribution in [3.63, 3.8) is 0 Å². The first-order chi connectivity index (χ1) is 24.3. The molecule has 2 unspecified atom stereocenters. The van der Waals surface area contributed by atoms with Crippen molar-refractivity contribution >= 4 is 40.8 Å². The topological polar surface area (TPSA) is 123 Å². The standard InChI is InChI=1S/C36H39ClF3N7O5/c1-19-15-26(30(48)41-25-10-8-22(17-24(25)37)36(38,39)40)46-27(19)28(44-11-13-45(14-12-44)33(50)52-34(2,3)4)31(49)47-32(46)42-29(43-47)20-7-9-23-21(16-20)18-51-35(23,5)6/h7-10,16-17,19,26H,11-15,18H2,1-6H3,(H,41,48). The molecule has 4 aromatic rings. The Bertz CT molecular complexity index is 2170. The van der Waals surface area contributed by atoms with Gasteiger partial charge >= 0.3 is 12.3 Å². The van der Waals surface area contributed by atoms with Gasteiger partial charge in [0.1, 0.15) is 17.3 Å². The maximum absolute atomic E-state index is 14.4. The zero-order valence-electron chi connectivity index (χ0n) is 29.6. The van der Waals surface area contributed by atoms with Crippen LogP contribution in [0.3, 0.4) is 0 Å². The molecule has 3 aliphatic heterocycles. The third-order valence-electron chi connectivity index (χ3n) is 9.76. The van der Waals surface area contributed by atoms with E-state index < -0.39 is 46.5 Å². The fraction of sp³-hybridized carbons (Fsp3) is 0.472. The Hall–Kier alpha value is -4.63. The Labute approximate surface area is 302 Å². The van der Waals surface area contributed by atoms with Gasteiger partial charge in [0.15, 0.2) is 5.82 Å². The second-order valence-corrected chi connectivity index (χ2v) is 15.4. The summed E-state index contributed by atoms with van der Waals surface area (Å²) in [5.74, 6) is -0.433. The predicted octanol–water partition coefficient (Wildman–Crippen LogP) is 6.74. The van der Waals surface area contributed by atoms with Crippen LogP contribution in [0.25, 0.3) is 17.2 Å². The molecule has 2 aromatic carbocycles. The first-order valence-electron chi connectivity index (χ1n) is 17.1. The van der Waals surface area contributed by atoms with Crippen LogP contribution in [-0.2, 0) is 32.7 Å². The van der Waals surface area contributed by atoms with Gasteiger partial charge < -0.3 is 24.6 Å². The maximum atomic E-state index is 14.4. The largest absolute Gasteiger partial charge is 0.444 e. The monoisotopic (exact) mass is 741 g/mol. The van der Waals surface area contributed by atoms with Crippen molar-refractivity contribution in [3.05, 3.63) is 74.2 Å². The summed E-state index contributed by atoms with van der Waals surface area (Å²) < 4.78 is 54.3. The number of anilines is 2. The highest BCUT2D eigenvalue weighted by molar-refractivity contribution is 6.33. The Kier molecular flexibility index (Phi) is 8.60. The number of halogens is 4. The Morgan fingerprint density at radius 2 is 1.77 bits per heavy atom. The van der Waals surface area contributed by atoms with Crippen LogP contribution in [0.4, 0.5) is 29.3 Å². The molecule has 2 aromatic heterocycles. The molecule has 0 aliphatic carbocycles. The van der Waals surface area contributed by atoms with Crippen molar-refractivity contribution < 1.29 is 32.2 Å². The number of fused-ring (bicyclic) bond motifs is 4. The fourth-order valence-corrected chi connectivity index (χ4v) is 7.45. The number of nitrogens with zero attached hydrogens (tertiary/aromatic N) is 6.